The number of benzene rings is 4. The Hall–Kier alpha value is -4.97. The Bertz CT molecular complexity index is 1840. The largest absolute Gasteiger partial charge is 0.497 e. The van der Waals surface area contributed by atoms with Crippen molar-refractivity contribution in [1.29, 1.82) is 0 Å². The number of aryl methyl sites for hydroxylation is 2. The molecule has 1 N–H and O–H groups in total. The van der Waals surface area contributed by atoms with E-state index in [9.17, 15) is 14.4 Å². The highest BCUT2D eigenvalue weighted by molar-refractivity contribution is 6.18. The molecule has 0 saturated carbocycles. The van der Waals surface area contributed by atoms with Gasteiger partial charge in [0, 0.05) is 28.1 Å². The van der Waals surface area contributed by atoms with Gasteiger partial charge >= 0.3 is 0 Å². The SMILES string of the molecule is COc1ccc(C(=O)[C@@H]2[C@@H](C(=O)c3ccc(C)cc3)N3c4ccc(C)cc4C(C)=C[C@@H]3[C@@]23C(=O)Nc2ccccc23)cc1. The Morgan fingerprint density at radius 1 is 0.814 bits per heavy atom. The summed E-state index contributed by atoms with van der Waals surface area (Å²) >= 11 is 0. The van der Waals surface area contributed by atoms with Crippen LogP contribution in [-0.2, 0) is 10.2 Å². The summed E-state index contributed by atoms with van der Waals surface area (Å²) in [6.07, 6.45) is 2.08. The monoisotopic (exact) mass is 568 g/mol. The average molecular weight is 569 g/mol. The Morgan fingerprint density at radius 3 is 2.19 bits per heavy atom. The molecule has 1 spiro atoms. The number of hydrogen-bond acceptors (Lipinski definition) is 5. The summed E-state index contributed by atoms with van der Waals surface area (Å²) in [7, 11) is 1.57. The van der Waals surface area contributed by atoms with Crippen LogP contribution >= 0.6 is 0 Å². The number of amides is 1. The fourth-order valence-electron chi connectivity index (χ4n) is 7.37. The number of ketones is 2. The van der Waals surface area contributed by atoms with E-state index in [1.165, 1.54) is 0 Å². The number of nitrogens with zero attached hydrogens (tertiary/aromatic N) is 1. The second-order valence-corrected chi connectivity index (χ2v) is 11.8. The predicted octanol–water partition coefficient (Wildman–Crippen LogP) is 6.56. The quantitative estimate of drug-likeness (QED) is 0.276. The van der Waals surface area contributed by atoms with Crippen LogP contribution in [0.2, 0.25) is 0 Å². The van der Waals surface area contributed by atoms with Crippen LogP contribution in [-0.4, -0.2) is 36.7 Å². The molecule has 214 valence electrons. The van der Waals surface area contributed by atoms with E-state index in [-0.39, 0.29) is 17.5 Å². The first-order chi connectivity index (χ1) is 20.7. The molecule has 6 nitrogen and oxygen atoms in total. The molecule has 0 bridgehead atoms. The second kappa shape index (κ2) is 9.80. The zero-order valence-electron chi connectivity index (χ0n) is 24.5. The van der Waals surface area contributed by atoms with Crippen LogP contribution in [0.3, 0.4) is 0 Å². The first kappa shape index (κ1) is 26.9. The number of ether oxygens (including phenoxy) is 1. The van der Waals surface area contributed by atoms with Crippen LogP contribution in [0.25, 0.3) is 5.57 Å². The van der Waals surface area contributed by atoms with E-state index in [4.69, 9.17) is 4.74 Å². The number of hydrogen-bond donors (Lipinski definition) is 1. The van der Waals surface area contributed by atoms with Crippen LogP contribution < -0.4 is 15.0 Å². The molecule has 3 heterocycles. The smallest absolute Gasteiger partial charge is 0.238 e. The molecule has 4 aromatic carbocycles. The molecule has 43 heavy (non-hydrogen) atoms. The molecule has 1 amide bonds. The number of rotatable bonds is 5. The van der Waals surface area contributed by atoms with Gasteiger partial charge in [-0.2, -0.15) is 0 Å². The fourth-order valence-corrected chi connectivity index (χ4v) is 7.37. The topological polar surface area (TPSA) is 75.7 Å². The highest BCUT2D eigenvalue weighted by atomic mass is 16.5. The van der Waals surface area contributed by atoms with Gasteiger partial charge in [-0.15, -0.1) is 0 Å². The van der Waals surface area contributed by atoms with Crippen LogP contribution in [0.1, 0.15) is 49.9 Å². The third-order valence-corrected chi connectivity index (χ3v) is 9.39. The van der Waals surface area contributed by atoms with Crippen LogP contribution in [0, 0.1) is 19.8 Å². The maximum atomic E-state index is 14.9. The van der Waals surface area contributed by atoms with Gasteiger partial charge in [-0.1, -0.05) is 65.7 Å². The minimum atomic E-state index is -1.34. The number of Topliss-reactive ketones (excluding diaryl/α,β-unsaturated/α-hetero) is 2. The molecule has 3 aliphatic rings. The van der Waals surface area contributed by atoms with E-state index >= 15 is 0 Å². The normalized spacial score (nSPS) is 23.3. The summed E-state index contributed by atoms with van der Waals surface area (Å²) < 4.78 is 5.35. The van der Waals surface area contributed by atoms with E-state index < -0.39 is 23.4 Å². The molecule has 1 fully saturated rings. The van der Waals surface area contributed by atoms with Gasteiger partial charge in [-0.05, 0) is 74.4 Å². The van der Waals surface area contributed by atoms with Crippen molar-refractivity contribution in [2.75, 3.05) is 17.3 Å². The summed E-state index contributed by atoms with van der Waals surface area (Å²) in [5, 5.41) is 3.09. The highest BCUT2D eigenvalue weighted by Crippen LogP contribution is 2.59. The predicted molar refractivity (Wildman–Crippen MR) is 168 cm³/mol. The van der Waals surface area contributed by atoms with Crippen molar-refractivity contribution in [3.8, 4) is 5.75 Å². The van der Waals surface area contributed by atoms with E-state index in [1.54, 1.807) is 31.4 Å². The molecule has 0 aliphatic carbocycles. The van der Waals surface area contributed by atoms with Crippen LogP contribution in [0.4, 0.5) is 11.4 Å². The standard InChI is InChI=1S/C37H32N2O4/c1-21-9-12-25(13-10-21)35(41)33-32(34(40)24-14-16-26(43-4)17-15-24)37(28-7-5-6-8-29(28)38-36(37)42)31-20-23(3)27-19-22(2)11-18-30(27)39(31)33/h5-20,31-33H,1-4H3,(H,38,42)/t31-,32+,33+,37-/m1/s1. The fraction of sp³-hybridized carbons (Fsp3) is 0.216. The summed E-state index contributed by atoms with van der Waals surface area (Å²) in [6, 6.07) is 26.6. The molecule has 6 heteroatoms. The molecular weight excluding hydrogens is 536 g/mol. The van der Waals surface area contributed by atoms with Crippen molar-refractivity contribution in [2.24, 2.45) is 5.92 Å². The third kappa shape index (κ3) is 3.82. The molecule has 0 radical (unpaired) electrons. The summed E-state index contributed by atoms with van der Waals surface area (Å²) in [6.45, 7) is 6.05. The first-order valence-corrected chi connectivity index (χ1v) is 14.5. The average Bonchev–Trinajstić information content (AvgIpc) is 3.49. The van der Waals surface area contributed by atoms with Crippen molar-refractivity contribution >= 4 is 34.4 Å². The van der Waals surface area contributed by atoms with Crippen molar-refractivity contribution in [1.82, 2.24) is 0 Å². The number of carbonyl (C=O) groups is 3. The molecule has 1 saturated heterocycles. The lowest BCUT2D eigenvalue weighted by molar-refractivity contribution is -0.121. The van der Waals surface area contributed by atoms with Gasteiger partial charge in [0.1, 0.15) is 17.2 Å². The number of anilines is 2. The molecule has 0 aromatic heterocycles. The summed E-state index contributed by atoms with van der Waals surface area (Å²) in [5.41, 5.74) is 5.97. The van der Waals surface area contributed by atoms with Gasteiger partial charge in [0.05, 0.1) is 19.1 Å². The summed E-state index contributed by atoms with van der Waals surface area (Å²) in [4.78, 5) is 46.3. The lowest BCUT2D eigenvalue weighted by atomic mass is 9.64. The van der Waals surface area contributed by atoms with Gasteiger partial charge in [0.15, 0.2) is 11.6 Å². The molecule has 4 atom stereocenters. The molecular formula is C37H32N2O4. The van der Waals surface area contributed by atoms with Crippen molar-refractivity contribution in [3.05, 3.63) is 130 Å². The van der Waals surface area contributed by atoms with E-state index in [1.807, 2.05) is 81.4 Å². The van der Waals surface area contributed by atoms with E-state index in [0.717, 1.165) is 33.5 Å². The zero-order chi connectivity index (χ0) is 30.0. The van der Waals surface area contributed by atoms with Crippen molar-refractivity contribution < 1.29 is 19.1 Å². The van der Waals surface area contributed by atoms with Gasteiger partial charge in [0.2, 0.25) is 5.91 Å². The maximum absolute atomic E-state index is 14.9. The van der Waals surface area contributed by atoms with Gasteiger partial charge in [0.25, 0.3) is 0 Å². The number of para-hydroxylation sites is 1. The Kier molecular flexibility index (Phi) is 6.13. The first-order valence-electron chi connectivity index (χ1n) is 14.5. The molecule has 4 aromatic rings. The molecule has 7 rings (SSSR count). The Balaban J connectivity index is 1.54. The third-order valence-electron chi connectivity index (χ3n) is 9.39. The van der Waals surface area contributed by atoms with Gasteiger partial charge in [-0.3, -0.25) is 14.4 Å². The number of carbonyl (C=O) groups excluding carboxylic acids is 3. The lowest BCUT2D eigenvalue weighted by Crippen LogP contribution is -2.51. The van der Waals surface area contributed by atoms with E-state index in [0.29, 0.717) is 22.6 Å². The Morgan fingerprint density at radius 2 is 1.47 bits per heavy atom. The number of methoxy groups -OCH3 is 1. The maximum Gasteiger partial charge on any atom is 0.238 e. The lowest BCUT2D eigenvalue weighted by Gasteiger charge is -2.39. The van der Waals surface area contributed by atoms with Crippen molar-refractivity contribution in [2.45, 2.75) is 38.3 Å². The Labute approximate surface area is 251 Å². The number of allylic oxidation sites excluding steroid dienone is 1. The van der Waals surface area contributed by atoms with Crippen molar-refractivity contribution in [3.63, 3.8) is 0 Å². The summed E-state index contributed by atoms with van der Waals surface area (Å²) in [5.74, 6) is -1.11. The van der Waals surface area contributed by atoms with Gasteiger partial charge < -0.3 is 15.0 Å². The van der Waals surface area contributed by atoms with Gasteiger partial charge in [-0.25, -0.2) is 0 Å². The highest BCUT2D eigenvalue weighted by Gasteiger charge is 2.70. The minimum absolute atomic E-state index is 0.189. The van der Waals surface area contributed by atoms with E-state index in [2.05, 4.69) is 22.4 Å². The molecule has 0 unspecified atom stereocenters. The molecule has 3 aliphatic heterocycles. The van der Waals surface area contributed by atoms with Crippen LogP contribution in [0.15, 0.2) is 97.1 Å². The van der Waals surface area contributed by atoms with Crippen LogP contribution in [0.5, 0.6) is 5.75 Å². The number of nitrogens with one attached hydrogen (secondary N) is 1. The number of fused-ring (bicyclic) bond motifs is 6. The zero-order valence-corrected chi connectivity index (χ0v) is 24.5. The second-order valence-electron chi connectivity index (χ2n) is 11.8. The minimum Gasteiger partial charge on any atom is -0.497 e.